The van der Waals surface area contributed by atoms with Gasteiger partial charge in [-0.2, -0.15) is 4.98 Å². The summed E-state index contributed by atoms with van der Waals surface area (Å²) in [6, 6.07) is 7.29. The van der Waals surface area contributed by atoms with Crippen LogP contribution in [0.5, 0.6) is 0 Å². The lowest BCUT2D eigenvalue weighted by Gasteiger charge is -2.34. The van der Waals surface area contributed by atoms with Crippen LogP contribution in [0.2, 0.25) is 5.02 Å². The molecule has 4 rings (SSSR count). The molecule has 2 aromatic heterocycles. The molecule has 3 aromatic rings. The van der Waals surface area contributed by atoms with Crippen molar-refractivity contribution < 1.29 is 9.32 Å². The maximum atomic E-state index is 12.5. The minimum atomic E-state index is -0.0114. The second-order valence-electron chi connectivity index (χ2n) is 7.22. The van der Waals surface area contributed by atoms with Crippen molar-refractivity contribution in [2.45, 2.75) is 26.4 Å². The number of rotatable bonds is 6. The second-order valence-corrected chi connectivity index (χ2v) is 8.48. The monoisotopic (exact) mass is 447 g/mol. The Bertz CT molecular complexity index is 1070. The molecule has 0 saturated carbocycles. The Morgan fingerprint density at radius 1 is 1.20 bits per heavy atom. The van der Waals surface area contributed by atoms with Crippen molar-refractivity contribution in [1.29, 1.82) is 0 Å². The molecule has 1 aliphatic rings. The van der Waals surface area contributed by atoms with Crippen LogP contribution in [0.15, 0.2) is 39.0 Å². The highest BCUT2D eigenvalue weighted by atomic mass is 35.5. The largest absolute Gasteiger partial charge is 0.340 e. The smallest absolute Gasteiger partial charge is 0.307 e. The van der Waals surface area contributed by atoms with Crippen molar-refractivity contribution in [2.24, 2.45) is 0 Å². The zero-order chi connectivity index (χ0) is 21.1. The van der Waals surface area contributed by atoms with Crippen molar-refractivity contribution in [3.8, 4) is 11.4 Å². The molecule has 0 spiro atoms. The van der Waals surface area contributed by atoms with Crippen LogP contribution >= 0.6 is 22.9 Å². The van der Waals surface area contributed by atoms with Gasteiger partial charge in [0.15, 0.2) is 0 Å². The van der Waals surface area contributed by atoms with Gasteiger partial charge in [0.05, 0.1) is 6.54 Å². The Balaban J connectivity index is 1.26. The second kappa shape index (κ2) is 9.11. The van der Waals surface area contributed by atoms with Crippen LogP contribution in [0.1, 0.15) is 18.0 Å². The zero-order valence-corrected chi connectivity index (χ0v) is 18.2. The van der Waals surface area contributed by atoms with Crippen molar-refractivity contribution in [3.05, 3.63) is 55.9 Å². The van der Waals surface area contributed by atoms with E-state index in [4.69, 9.17) is 16.1 Å². The summed E-state index contributed by atoms with van der Waals surface area (Å²) < 4.78 is 7.04. The molecular formula is C20H22ClN5O3S. The number of piperazine rings is 1. The van der Waals surface area contributed by atoms with Crippen molar-refractivity contribution >= 4 is 28.8 Å². The minimum Gasteiger partial charge on any atom is -0.340 e. The molecule has 0 N–H and O–H groups in total. The van der Waals surface area contributed by atoms with Crippen molar-refractivity contribution in [1.82, 2.24) is 24.5 Å². The molecule has 0 unspecified atom stereocenters. The summed E-state index contributed by atoms with van der Waals surface area (Å²) in [6.45, 7) is 5.64. The number of amides is 1. The van der Waals surface area contributed by atoms with E-state index >= 15 is 0 Å². The lowest BCUT2D eigenvalue weighted by atomic mass is 10.2. The standard InChI is InChI=1S/C20H22ClN5O3S/c1-14-13-30-20(28)26(14)7-6-18(27)25-10-8-24(9-11-25)12-17-22-19(23-29-17)15-2-4-16(21)5-3-15/h2-5,13H,6-12H2,1H3. The van der Waals surface area contributed by atoms with Crippen LogP contribution in [0, 0.1) is 6.92 Å². The molecule has 1 saturated heterocycles. The maximum absolute atomic E-state index is 12.5. The van der Waals surface area contributed by atoms with Gasteiger partial charge in [0.2, 0.25) is 17.6 Å². The molecular weight excluding hydrogens is 426 g/mol. The van der Waals surface area contributed by atoms with Crippen LogP contribution in [0.4, 0.5) is 0 Å². The van der Waals surface area contributed by atoms with E-state index in [1.807, 2.05) is 29.3 Å². The quantitative estimate of drug-likeness (QED) is 0.577. The summed E-state index contributed by atoms with van der Waals surface area (Å²) >= 11 is 7.08. The number of aromatic nitrogens is 3. The molecule has 0 bridgehead atoms. The van der Waals surface area contributed by atoms with E-state index in [1.54, 1.807) is 16.7 Å². The highest BCUT2D eigenvalue weighted by Gasteiger charge is 2.23. The van der Waals surface area contributed by atoms with Gasteiger partial charge in [-0.05, 0) is 31.2 Å². The molecule has 0 radical (unpaired) electrons. The summed E-state index contributed by atoms with van der Waals surface area (Å²) in [5, 5.41) is 6.52. The first-order chi connectivity index (χ1) is 14.5. The summed E-state index contributed by atoms with van der Waals surface area (Å²) in [5.74, 6) is 1.16. The van der Waals surface area contributed by atoms with Gasteiger partial charge < -0.3 is 14.0 Å². The summed E-state index contributed by atoms with van der Waals surface area (Å²) in [6.07, 6.45) is 0.339. The molecule has 1 aliphatic heterocycles. The third kappa shape index (κ3) is 4.80. The lowest BCUT2D eigenvalue weighted by molar-refractivity contribution is -0.133. The SMILES string of the molecule is Cc1csc(=O)n1CCC(=O)N1CCN(Cc2nc(-c3ccc(Cl)cc3)no2)CC1. The number of halogens is 1. The predicted molar refractivity (Wildman–Crippen MR) is 115 cm³/mol. The average molecular weight is 448 g/mol. The van der Waals surface area contributed by atoms with Crippen LogP contribution in [0.25, 0.3) is 11.4 Å². The first-order valence-electron chi connectivity index (χ1n) is 9.73. The van der Waals surface area contributed by atoms with Gasteiger partial charge in [-0.15, -0.1) is 0 Å². The maximum Gasteiger partial charge on any atom is 0.307 e. The average Bonchev–Trinajstić information content (AvgIpc) is 3.34. The number of thiazole rings is 1. The number of aryl methyl sites for hydroxylation is 1. The van der Waals surface area contributed by atoms with Gasteiger partial charge in [0, 0.05) is 60.8 Å². The van der Waals surface area contributed by atoms with Gasteiger partial charge in [-0.1, -0.05) is 28.1 Å². The van der Waals surface area contributed by atoms with Crippen LogP contribution in [-0.2, 0) is 17.9 Å². The number of carbonyl (C=O) groups excluding carboxylic acids is 1. The fourth-order valence-corrected chi connectivity index (χ4v) is 4.31. The molecule has 3 heterocycles. The topological polar surface area (TPSA) is 84.5 Å². The van der Waals surface area contributed by atoms with Crippen molar-refractivity contribution in [3.63, 3.8) is 0 Å². The first kappa shape index (κ1) is 20.8. The lowest BCUT2D eigenvalue weighted by Crippen LogP contribution is -2.48. The molecule has 30 heavy (non-hydrogen) atoms. The number of hydrogen-bond donors (Lipinski definition) is 0. The predicted octanol–water partition coefficient (Wildman–Crippen LogP) is 2.66. The van der Waals surface area contributed by atoms with Gasteiger partial charge >= 0.3 is 4.87 Å². The Hall–Kier alpha value is -2.49. The molecule has 1 amide bonds. The van der Waals surface area contributed by atoms with E-state index in [2.05, 4.69) is 15.0 Å². The molecule has 1 aromatic carbocycles. The van der Waals surface area contributed by atoms with E-state index in [9.17, 15) is 9.59 Å². The fraction of sp³-hybridized carbons (Fsp3) is 0.400. The van der Waals surface area contributed by atoms with Gasteiger partial charge in [-0.3, -0.25) is 14.5 Å². The highest BCUT2D eigenvalue weighted by molar-refractivity contribution is 7.07. The number of carbonyl (C=O) groups is 1. The first-order valence-corrected chi connectivity index (χ1v) is 11.0. The molecule has 1 fully saturated rings. The van der Waals surface area contributed by atoms with E-state index in [1.165, 1.54) is 11.3 Å². The molecule has 0 atom stereocenters. The fourth-order valence-electron chi connectivity index (χ4n) is 3.42. The number of nitrogens with zero attached hydrogens (tertiary/aromatic N) is 5. The van der Waals surface area contributed by atoms with E-state index in [-0.39, 0.29) is 10.8 Å². The van der Waals surface area contributed by atoms with Crippen molar-refractivity contribution in [2.75, 3.05) is 26.2 Å². The Kier molecular flexibility index (Phi) is 6.31. The van der Waals surface area contributed by atoms with E-state index in [0.717, 1.165) is 24.3 Å². The Morgan fingerprint density at radius 3 is 2.60 bits per heavy atom. The molecule has 0 aliphatic carbocycles. The minimum absolute atomic E-state index is 0.0114. The normalized spacial score (nSPS) is 14.9. The van der Waals surface area contributed by atoms with Gasteiger partial charge in [0.1, 0.15) is 0 Å². The molecule has 158 valence electrons. The summed E-state index contributed by atoms with van der Waals surface area (Å²) in [4.78, 5) is 32.8. The number of hydrogen-bond acceptors (Lipinski definition) is 7. The third-order valence-electron chi connectivity index (χ3n) is 5.18. The zero-order valence-electron chi connectivity index (χ0n) is 16.6. The number of benzene rings is 1. The van der Waals surface area contributed by atoms with E-state index < -0.39 is 0 Å². The third-order valence-corrected chi connectivity index (χ3v) is 6.31. The van der Waals surface area contributed by atoms with Crippen LogP contribution in [-0.4, -0.2) is 56.6 Å². The summed E-state index contributed by atoms with van der Waals surface area (Å²) in [7, 11) is 0. The van der Waals surface area contributed by atoms with Crippen LogP contribution in [0.3, 0.4) is 0 Å². The molecule has 8 nitrogen and oxygen atoms in total. The van der Waals surface area contributed by atoms with Gasteiger partial charge in [0.25, 0.3) is 0 Å². The Morgan fingerprint density at radius 2 is 1.93 bits per heavy atom. The highest BCUT2D eigenvalue weighted by Crippen LogP contribution is 2.19. The Labute approximate surface area is 182 Å². The summed E-state index contributed by atoms with van der Waals surface area (Å²) in [5.41, 5.74) is 1.75. The van der Waals surface area contributed by atoms with Gasteiger partial charge in [-0.25, -0.2) is 0 Å². The van der Waals surface area contributed by atoms with Crippen LogP contribution < -0.4 is 4.87 Å². The van der Waals surface area contributed by atoms with E-state index in [0.29, 0.717) is 49.3 Å². The molecule has 10 heteroatoms.